The molecule has 0 aliphatic heterocycles. The normalized spacial score (nSPS) is 13.6. The molecule has 2 N–H and O–H groups in total. The quantitative estimate of drug-likeness (QED) is 0.816. The molecule has 1 aromatic carbocycles. The minimum absolute atomic E-state index is 0.0743. The molecule has 0 aliphatic rings. The summed E-state index contributed by atoms with van der Waals surface area (Å²) in [7, 11) is 0. The topological polar surface area (TPSA) is 71.7 Å². The third-order valence-electron chi connectivity index (χ3n) is 3.81. The Morgan fingerprint density at radius 2 is 2.04 bits per heavy atom. The Balaban J connectivity index is 1.95. The van der Waals surface area contributed by atoms with Gasteiger partial charge in [-0.1, -0.05) is 26.0 Å². The van der Waals surface area contributed by atoms with Crippen molar-refractivity contribution in [2.75, 3.05) is 6.54 Å². The fourth-order valence-corrected chi connectivity index (χ4v) is 2.39. The molecule has 130 valence electrons. The summed E-state index contributed by atoms with van der Waals surface area (Å²) < 4.78 is 11.0. The van der Waals surface area contributed by atoms with Gasteiger partial charge in [-0.15, -0.1) is 0 Å². The van der Waals surface area contributed by atoms with Crippen LogP contribution in [0.4, 0.5) is 0 Å². The summed E-state index contributed by atoms with van der Waals surface area (Å²) in [5, 5.41) is 12.6. The molecule has 0 saturated carbocycles. The van der Waals surface area contributed by atoms with Crippen LogP contribution in [-0.4, -0.2) is 23.7 Å². The van der Waals surface area contributed by atoms with Crippen molar-refractivity contribution >= 4 is 5.91 Å². The highest BCUT2D eigenvalue weighted by molar-refractivity contribution is 5.80. The van der Waals surface area contributed by atoms with E-state index < -0.39 is 12.2 Å². The van der Waals surface area contributed by atoms with Crippen LogP contribution in [0, 0.1) is 6.92 Å². The zero-order chi connectivity index (χ0) is 17.7. The molecular formula is C19H25NO4. The van der Waals surface area contributed by atoms with Crippen molar-refractivity contribution in [1.29, 1.82) is 0 Å². The van der Waals surface area contributed by atoms with Crippen molar-refractivity contribution in [2.24, 2.45) is 0 Å². The van der Waals surface area contributed by atoms with Crippen LogP contribution in [0.5, 0.6) is 5.75 Å². The SMILES string of the molecule is Cc1ccc(C(C)C)c(OC(C)C(=O)NCC(O)c2ccco2)c1. The molecule has 0 bridgehead atoms. The molecule has 2 atom stereocenters. The molecule has 0 aliphatic carbocycles. The zero-order valence-corrected chi connectivity index (χ0v) is 14.6. The highest BCUT2D eigenvalue weighted by atomic mass is 16.5. The summed E-state index contributed by atoms with van der Waals surface area (Å²) in [6, 6.07) is 9.36. The maximum atomic E-state index is 12.2. The Hall–Kier alpha value is -2.27. The van der Waals surface area contributed by atoms with Crippen LogP contribution in [0.1, 0.15) is 49.7 Å². The van der Waals surface area contributed by atoms with Gasteiger partial charge in [0.2, 0.25) is 0 Å². The Kier molecular flexibility index (Phi) is 6.04. The lowest BCUT2D eigenvalue weighted by atomic mass is 10.0. The van der Waals surface area contributed by atoms with Gasteiger partial charge in [-0.3, -0.25) is 4.79 Å². The molecule has 0 saturated heterocycles. The van der Waals surface area contributed by atoms with Gasteiger partial charge < -0.3 is 19.6 Å². The number of amides is 1. The number of carbonyl (C=O) groups excluding carboxylic acids is 1. The van der Waals surface area contributed by atoms with Crippen molar-refractivity contribution in [3.8, 4) is 5.75 Å². The molecule has 1 amide bonds. The van der Waals surface area contributed by atoms with E-state index in [0.717, 1.165) is 16.9 Å². The third kappa shape index (κ3) is 4.61. The van der Waals surface area contributed by atoms with Crippen molar-refractivity contribution in [3.05, 3.63) is 53.5 Å². The molecule has 5 heteroatoms. The van der Waals surface area contributed by atoms with E-state index >= 15 is 0 Å². The second-order valence-electron chi connectivity index (χ2n) is 6.23. The number of aliphatic hydroxyl groups excluding tert-OH is 1. The standard InChI is InChI=1S/C19H25NO4/c1-12(2)15-8-7-13(3)10-18(15)24-14(4)19(22)20-11-16(21)17-6-5-9-23-17/h5-10,12,14,16,21H,11H2,1-4H3,(H,20,22). The van der Waals surface area contributed by atoms with Crippen molar-refractivity contribution in [1.82, 2.24) is 5.32 Å². The second kappa shape index (κ2) is 8.02. The summed E-state index contributed by atoms with van der Waals surface area (Å²) in [5.41, 5.74) is 2.14. The van der Waals surface area contributed by atoms with Gasteiger partial charge in [-0.05, 0) is 49.1 Å². The lowest BCUT2D eigenvalue weighted by molar-refractivity contribution is -0.127. The first-order chi connectivity index (χ1) is 11.4. The van der Waals surface area contributed by atoms with E-state index in [9.17, 15) is 9.90 Å². The highest BCUT2D eigenvalue weighted by Gasteiger charge is 2.19. The summed E-state index contributed by atoms with van der Waals surface area (Å²) in [6.45, 7) is 7.93. The fraction of sp³-hybridized carbons (Fsp3) is 0.421. The Morgan fingerprint density at radius 1 is 1.29 bits per heavy atom. The maximum Gasteiger partial charge on any atom is 0.260 e. The van der Waals surface area contributed by atoms with Gasteiger partial charge in [0.05, 0.1) is 12.8 Å². The van der Waals surface area contributed by atoms with Crippen molar-refractivity contribution < 1.29 is 19.1 Å². The Bertz CT molecular complexity index is 664. The molecule has 0 radical (unpaired) electrons. The van der Waals surface area contributed by atoms with Gasteiger partial charge in [0, 0.05) is 0 Å². The number of benzene rings is 1. The van der Waals surface area contributed by atoms with Crippen molar-refractivity contribution in [3.63, 3.8) is 0 Å². The van der Waals surface area contributed by atoms with Gasteiger partial charge in [-0.2, -0.15) is 0 Å². The number of nitrogens with one attached hydrogen (secondary N) is 1. The van der Waals surface area contributed by atoms with Gasteiger partial charge in [0.1, 0.15) is 17.6 Å². The molecule has 5 nitrogen and oxygen atoms in total. The minimum atomic E-state index is -0.874. The van der Waals surface area contributed by atoms with Crippen LogP contribution in [0.15, 0.2) is 41.0 Å². The summed E-state index contributed by atoms with van der Waals surface area (Å²) in [4.78, 5) is 12.2. The van der Waals surface area contributed by atoms with Crippen LogP contribution in [0.3, 0.4) is 0 Å². The van der Waals surface area contributed by atoms with E-state index in [1.54, 1.807) is 19.1 Å². The van der Waals surface area contributed by atoms with Gasteiger partial charge in [0.25, 0.3) is 5.91 Å². The monoisotopic (exact) mass is 331 g/mol. The Morgan fingerprint density at radius 3 is 2.67 bits per heavy atom. The lowest BCUT2D eigenvalue weighted by Crippen LogP contribution is -2.38. The molecule has 0 fully saturated rings. The number of ether oxygens (including phenoxy) is 1. The fourth-order valence-electron chi connectivity index (χ4n) is 2.39. The number of hydrogen-bond donors (Lipinski definition) is 2. The van der Waals surface area contributed by atoms with Crippen molar-refractivity contribution in [2.45, 2.75) is 45.8 Å². The largest absolute Gasteiger partial charge is 0.481 e. The van der Waals surface area contributed by atoms with E-state index in [2.05, 4.69) is 19.2 Å². The number of aliphatic hydroxyl groups is 1. The van der Waals surface area contributed by atoms with E-state index in [1.165, 1.54) is 6.26 Å². The molecule has 2 rings (SSSR count). The van der Waals surface area contributed by atoms with E-state index in [1.807, 2.05) is 25.1 Å². The molecular weight excluding hydrogens is 306 g/mol. The van der Waals surface area contributed by atoms with Crippen LogP contribution in [0.2, 0.25) is 0 Å². The number of carbonyl (C=O) groups is 1. The van der Waals surface area contributed by atoms with Crippen LogP contribution < -0.4 is 10.1 Å². The second-order valence-corrected chi connectivity index (χ2v) is 6.23. The first-order valence-corrected chi connectivity index (χ1v) is 8.15. The maximum absolute atomic E-state index is 12.2. The molecule has 2 unspecified atom stereocenters. The minimum Gasteiger partial charge on any atom is -0.481 e. The average Bonchev–Trinajstić information content (AvgIpc) is 3.06. The third-order valence-corrected chi connectivity index (χ3v) is 3.81. The first-order valence-electron chi connectivity index (χ1n) is 8.15. The molecule has 2 aromatic rings. The van der Waals surface area contributed by atoms with Crippen LogP contribution >= 0.6 is 0 Å². The molecule has 24 heavy (non-hydrogen) atoms. The predicted molar refractivity (Wildman–Crippen MR) is 92.0 cm³/mol. The predicted octanol–water partition coefficient (Wildman–Crippen LogP) is 3.33. The smallest absolute Gasteiger partial charge is 0.260 e. The number of rotatable bonds is 7. The number of hydrogen-bond acceptors (Lipinski definition) is 4. The number of furan rings is 1. The Labute approximate surface area is 142 Å². The summed E-state index contributed by atoms with van der Waals surface area (Å²) >= 11 is 0. The van der Waals surface area contributed by atoms with Crippen LogP contribution in [-0.2, 0) is 4.79 Å². The summed E-state index contributed by atoms with van der Waals surface area (Å²) in [6.07, 6.45) is -0.0495. The van der Waals surface area contributed by atoms with Gasteiger partial charge >= 0.3 is 0 Å². The van der Waals surface area contributed by atoms with Crippen LogP contribution in [0.25, 0.3) is 0 Å². The van der Waals surface area contributed by atoms with Gasteiger partial charge in [0.15, 0.2) is 6.10 Å². The summed E-state index contributed by atoms with van der Waals surface area (Å²) in [5.74, 6) is 1.16. The lowest BCUT2D eigenvalue weighted by Gasteiger charge is -2.20. The molecule has 1 heterocycles. The van der Waals surface area contributed by atoms with E-state index in [4.69, 9.17) is 9.15 Å². The zero-order valence-electron chi connectivity index (χ0n) is 14.6. The number of aryl methyl sites for hydroxylation is 1. The first kappa shape index (κ1) is 18.1. The van der Waals surface area contributed by atoms with E-state index in [-0.39, 0.29) is 12.5 Å². The highest BCUT2D eigenvalue weighted by Crippen LogP contribution is 2.28. The van der Waals surface area contributed by atoms with E-state index in [0.29, 0.717) is 11.7 Å². The average molecular weight is 331 g/mol. The molecule has 1 aromatic heterocycles. The van der Waals surface area contributed by atoms with Gasteiger partial charge in [-0.25, -0.2) is 0 Å². The molecule has 0 spiro atoms.